The van der Waals surface area contributed by atoms with Gasteiger partial charge in [-0.15, -0.1) is 0 Å². The number of pyridine rings is 1. The summed E-state index contributed by atoms with van der Waals surface area (Å²) in [6, 6.07) is 14.1. The Hall–Kier alpha value is -3.58. The molecule has 0 saturated heterocycles. The molecule has 0 spiro atoms. The molecule has 0 aliphatic carbocycles. The first kappa shape index (κ1) is 19.7. The Kier molecular flexibility index (Phi) is 5.54. The molecule has 7 nitrogen and oxygen atoms in total. The Balaban J connectivity index is 1.33. The fourth-order valence-corrected chi connectivity index (χ4v) is 3.07. The number of aryl methyl sites for hydroxylation is 1. The molecule has 0 unspecified atom stereocenters. The fourth-order valence-electron chi connectivity index (χ4n) is 2.95. The molecule has 1 aliphatic heterocycles. The number of fused-ring (bicyclic) bond motifs is 1. The third-order valence-corrected chi connectivity index (χ3v) is 4.87. The van der Waals surface area contributed by atoms with Crippen LogP contribution in [0.25, 0.3) is 0 Å². The monoisotopic (exact) mass is 423 g/mol. The van der Waals surface area contributed by atoms with E-state index in [1.165, 1.54) is 0 Å². The summed E-state index contributed by atoms with van der Waals surface area (Å²) in [7, 11) is 0. The van der Waals surface area contributed by atoms with Crippen molar-refractivity contribution in [1.29, 1.82) is 0 Å². The van der Waals surface area contributed by atoms with Crippen LogP contribution in [-0.4, -0.2) is 23.4 Å². The van der Waals surface area contributed by atoms with Crippen molar-refractivity contribution in [2.45, 2.75) is 13.3 Å². The van der Waals surface area contributed by atoms with E-state index in [2.05, 4.69) is 15.6 Å². The van der Waals surface area contributed by atoms with Gasteiger partial charge in [0.1, 0.15) is 5.75 Å². The van der Waals surface area contributed by atoms with Crippen molar-refractivity contribution in [1.82, 2.24) is 4.98 Å². The number of carbonyl (C=O) groups excluding carboxylic acids is 2. The zero-order valence-corrected chi connectivity index (χ0v) is 16.8. The van der Waals surface area contributed by atoms with E-state index >= 15 is 0 Å². The molecule has 0 radical (unpaired) electrons. The molecule has 2 N–H and O–H groups in total. The highest BCUT2D eigenvalue weighted by Gasteiger charge is 2.25. The van der Waals surface area contributed by atoms with Gasteiger partial charge in [0.05, 0.1) is 18.7 Å². The number of benzene rings is 2. The Bertz CT molecular complexity index is 1120. The van der Waals surface area contributed by atoms with Gasteiger partial charge in [-0.1, -0.05) is 11.6 Å². The lowest BCUT2D eigenvalue weighted by atomic mass is 10.2. The SMILES string of the molecule is Cc1cc(NC(=O)CNc2ccc(Oc3ccnc4c3OC(=O)C4)cc2)ccc1Cl. The van der Waals surface area contributed by atoms with Crippen LogP contribution in [0.5, 0.6) is 17.2 Å². The van der Waals surface area contributed by atoms with Crippen molar-refractivity contribution in [3.05, 3.63) is 71.0 Å². The van der Waals surface area contributed by atoms with Gasteiger partial charge in [0.15, 0.2) is 11.5 Å². The van der Waals surface area contributed by atoms with Crippen LogP contribution < -0.4 is 20.1 Å². The first-order valence-electron chi connectivity index (χ1n) is 9.24. The third-order valence-electron chi connectivity index (χ3n) is 4.45. The molecule has 3 aromatic rings. The molecule has 2 aromatic carbocycles. The molecular formula is C22H18ClN3O4. The minimum atomic E-state index is -0.347. The van der Waals surface area contributed by atoms with Gasteiger partial charge in [-0.25, -0.2) is 0 Å². The number of hydrogen-bond acceptors (Lipinski definition) is 6. The summed E-state index contributed by atoms with van der Waals surface area (Å²) in [5.74, 6) is 0.840. The van der Waals surface area contributed by atoms with Crippen molar-refractivity contribution in [3.8, 4) is 17.2 Å². The van der Waals surface area contributed by atoms with Crippen molar-refractivity contribution in [2.24, 2.45) is 0 Å². The number of anilines is 2. The molecule has 1 aromatic heterocycles. The van der Waals surface area contributed by atoms with Gasteiger partial charge in [-0.3, -0.25) is 14.6 Å². The zero-order chi connectivity index (χ0) is 21.1. The second kappa shape index (κ2) is 8.42. The van der Waals surface area contributed by atoms with E-state index in [1.54, 1.807) is 48.7 Å². The molecule has 2 heterocycles. The highest BCUT2D eigenvalue weighted by molar-refractivity contribution is 6.31. The molecule has 0 saturated carbocycles. The summed E-state index contributed by atoms with van der Waals surface area (Å²) in [6.45, 7) is 1.99. The molecule has 0 atom stereocenters. The number of rotatable bonds is 6. The molecule has 1 aliphatic rings. The maximum Gasteiger partial charge on any atom is 0.317 e. The number of nitrogens with zero attached hydrogens (tertiary/aromatic N) is 1. The van der Waals surface area contributed by atoms with Gasteiger partial charge in [-0.05, 0) is 55.0 Å². The summed E-state index contributed by atoms with van der Waals surface area (Å²) in [5, 5.41) is 6.53. The number of hydrogen-bond donors (Lipinski definition) is 2. The van der Waals surface area contributed by atoms with Gasteiger partial charge in [0.25, 0.3) is 0 Å². The summed E-state index contributed by atoms with van der Waals surface area (Å²) < 4.78 is 11.0. The molecule has 4 rings (SSSR count). The van der Waals surface area contributed by atoms with Crippen LogP contribution in [0.2, 0.25) is 5.02 Å². The molecule has 0 bridgehead atoms. The summed E-state index contributed by atoms with van der Waals surface area (Å²) >= 11 is 6.00. The lowest BCUT2D eigenvalue weighted by Crippen LogP contribution is -2.21. The Morgan fingerprint density at radius 3 is 2.70 bits per heavy atom. The molecule has 8 heteroatoms. The highest BCUT2D eigenvalue weighted by Crippen LogP contribution is 2.37. The normalized spacial score (nSPS) is 12.1. The van der Waals surface area contributed by atoms with Gasteiger partial charge in [-0.2, -0.15) is 0 Å². The molecule has 1 amide bonds. The van der Waals surface area contributed by atoms with E-state index < -0.39 is 0 Å². The Labute approximate surface area is 178 Å². The predicted molar refractivity (Wildman–Crippen MR) is 113 cm³/mol. The van der Waals surface area contributed by atoms with E-state index in [9.17, 15) is 9.59 Å². The maximum absolute atomic E-state index is 12.1. The van der Waals surface area contributed by atoms with Crippen LogP contribution >= 0.6 is 11.6 Å². The average Bonchev–Trinajstić information content (AvgIpc) is 3.11. The van der Waals surface area contributed by atoms with E-state index in [0.717, 1.165) is 11.3 Å². The fraction of sp³-hybridized carbons (Fsp3) is 0.136. The van der Waals surface area contributed by atoms with Gasteiger partial charge in [0.2, 0.25) is 5.91 Å². The number of carbonyl (C=O) groups is 2. The Morgan fingerprint density at radius 1 is 1.17 bits per heavy atom. The van der Waals surface area contributed by atoms with Crippen LogP contribution in [0.4, 0.5) is 11.4 Å². The summed E-state index contributed by atoms with van der Waals surface area (Å²) in [5.41, 5.74) is 2.92. The van der Waals surface area contributed by atoms with E-state index in [0.29, 0.717) is 33.7 Å². The molecule has 152 valence electrons. The number of halogens is 1. The minimum absolute atomic E-state index is 0.107. The van der Waals surface area contributed by atoms with Crippen molar-refractivity contribution >= 4 is 34.9 Å². The van der Waals surface area contributed by atoms with Gasteiger partial charge >= 0.3 is 5.97 Å². The number of ether oxygens (including phenoxy) is 2. The first-order valence-corrected chi connectivity index (χ1v) is 9.62. The smallest absolute Gasteiger partial charge is 0.317 e. The standard InChI is InChI=1S/C22H18ClN3O4/c1-13-10-15(4-7-17(13)23)26-20(27)12-25-14-2-5-16(6-3-14)29-19-8-9-24-18-11-21(28)30-22(18)19/h2-10,25H,11-12H2,1H3,(H,26,27). The quantitative estimate of drug-likeness (QED) is 0.573. The lowest BCUT2D eigenvalue weighted by molar-refractivity contribution is -0.132. The number of esters is 1. The van der Waals surface area contributed by atoms with Crippen LogP contribution in [-0.2, 0) is 16.0 Å². The second-order valence-corrected chi connectivity index (χ2v) is 7.14. The zero-order valence-electron chi connectivity index (χ0n) is 16.1. The predicted octanol–water partition coefficient (Wildman–Crippen LogP) is 4.35. The maximum atomic E-state index is 12.1. The molecule has 0 fully saturated rings. The lowest BCUT2D eigenvalue weighted by Gasteiger charge is -2.11. The van der Waals surface area contributed by atoms with Crippen molar-refractivity contribution in [2.75, 3.05) is 17.2 Å². The van der Waals surface area contributed by atoms with Gasteiger partial charge in [0, 0.05) is 28.7 Å². The largest absolute Gasteiger partial charge is 0.453 e. The van der Waals surface area contributed by atoms with Crippen LogP contribution in [0.3, 0.4) is 0 Å². The summed E-state index contributed by atoms with van der Waals surface area (Å²) in [4.78, 5) is 27.7. The topological polar surface area (TPSA) is 89.6 Å². The number of amides is 1. The van der Waals surface area contributed by atoms with Gasteiger partial charge < -0.3 is 20.1 Å². The second-order valence-electron chi connectivity index (χ2n) is 6.73. The molecule has 30 heavy (non-hydrogen) atoms. The average molecular weight is 424 g/mol. The highest BCUT2D eigenvalue weighted by atomic mass is 35.5. The van der Waals surface area contributed by atoms with E-state index in [4.69, 9.17) is 21.1 Å². The minimum Gasteiger partial charge on any atom is -0.453 e. The number of nitrogens with one attached hydrogen (secondary N) is 2. The van der Waals surface area contributed by atoms with Crippen molar-refractivity contribution in [3.63, 3.8) is 0 Å². The van der Waals surface area contributed by atoms with E-state index in [-0.39, 0.29) is 24.8 Å². The Morgan fingerprint density at radius 2 is 1.93 bits per heavy atom. The van der Waals surface area contributed by atoms with E-state index in [1.807, 2.05) is 13.0 Å². The van der Waals surface area contributed by atoms with Crippen LogP contribution in [0.1, 0.15) is 11.3 Å². The summed E-state index contributed by atoms with van der Waals surface area (Å²) in [6.07, 6.45) is 1.72. The third kappa shape index (κ3) is 4.52. The first-order chi connectivity index (χ1) is 14.5. The van der Waals surface area contributed by atoms with Crippen LogP contribution in [0.15, 0.2) is 54.7 Å². The molecular weight excluding hydrogens is 406 g/mol. The van der Waals surface area contributed by atoms with Crippen molar-refractivity contribution < 1.29 is 19.1 Å². The number of aromatic nitrogens is 1. The van der Waals surface area contributed by atoms with Crippen LogP contribution in [0, 0.1) is 6.92 Å².